The van der Waals surface area contributed by atoms with Gasteiger partial charge in [-0.3, -0.25) is 24.0 Å². The van der Waals surface area contributed by atoms with Gasteiger partial charge < -0.3 is 29.4 Å². The average Bonchev–Trinajstić information content (AvgIpc) is 3.58. The quantitative estimate of drug-likeness (QED) is 0.127. The smallest absolute Gasteiger partial charge is 0.303 e. The molecule has 2 aromatic carbocycles. The van der Waals surface area contributed by atoms with E-state index in [0.717, 1.165) is 52.7 Å². The molecule has 0 radical (unpaired) electrons. The fraction of sp³-hybridized carbons (Fsp3) is 0.333. The number of thioether (sulfide) groups is 1. The second kappa shape index (κ2) is 14.8. The molecule has 48 heavy (non-hydrogen) atoms. The molecule has 0 saturated carbocycles. The van der Waals surface area contributed by atoms with Crippen molar-refractivity contribution in [3.8, 4) is 10.6 Å². The monoisotopic (exact) mass is 712 g/mol. The lowest BCUT2D eigenvalue weighted by Crippen LogP contribution is -2.61. The molecule has 12 nitrogen and oxygen atoms in total. The number of esters is 4. The van der Waals surface area contributed by atoms with Crippen molar-refractivity contribution in [3.63, 3.8) is 0 Å². The number of ketones is 1. The summed E-state index contributed by atoms with van der Waals surface area (Å²) in [5.41, 5.74) is 8.48. The van der Waals surface area contributed by atoms with E-state index in [4.69, 9.17) is 34.4 Å². The van der Waals surface area contributed by atoms with Crippen LogP contribution in [0.3, 0.4) is 0 Å². The van der Waals surface area contributed by atoms with E-state index in [2.05, 4.69) is 0 Å². The molecule has 1 aliphatic heterocycles. The molecule has 5 atom stereocenters. The largest absolute Gasteiger partial charge is 0.463 e. The number of carbonyl (C=O) groups excluding carboxylic acids is 5. The van der Waals surface area contributed by atoms with E-state index in [1.54, 1.807) is 12.1 Å². The summed E-state index contributed by atoms with van der Waals surface area (Å²) in [6, 6.07) is 14.6. The molecular formula is C33H32N2O10S3. The third kappa shape index (κ3) is 7.86. The van der Waals surface area contributed by atoms with Crippen LogP contribution < -0.4 is 5.73 Å². The van der Waals surface area contributed by atoms with Crippen LogP contribution in [0.4, 0.5) is 5.69 Å². The van der Waals surface area contributed by atoms with Crippen LogP contribution in [0.15, 0.2) is 52.7 Å². The molecule has 0 aliphatic carbocycles. The van der Waals surface area contributed by atoms with Gasteiger partial charge >= 0.3 is 23.9 Å². The summed E-state index contributed by atoms with van der Waals surface area (Å²) in [5, 5.41) is 0.543. The van der Waals surface area contributed by atoms with E-state index in [-0.39, 0.29) is 23.0 Å². The van der Waals surface area contributed by atoms with Crippen LogP contribution in [0.25, 0.3) is 20.8 Å². The van der Waals surface area contributed by atoms with Crippen LogP contribution in [0.2, 0.25) is 0 Å². The Hall–Kier alpha value is -4.31. The van der Waals surface area contributed by atoms with Crippen molar-refractivity contribution in [3.05, 3.63) is 64.5 Å². The minimum absolute atomic E-state index is 0.206. The van der Waals surface area contributed by atoms with E-state index >= 15 is 0 Å². The fourth-order valence-electron chi connectivity index (χ4n) is 5.08. The first kappa shape index (κ1) is 35.0. The van der Waals surface area contributed by atoms with E-state index in [9.17, 15) is 24.0 Å². The molecule has 3 heterocycles. The standard InChI is InChI=1S/C33H32N2O10S3/c1-15-10-12-20(13-11-15)26(40)30-25(34)24(31-35-21-8-6-7-9-23(21)46-31)33(47-30)48-32-29(44-19(5)39)28(43-18(4)38)27(42-17(3)37)22(45-32)14-41-16(2)36/h6-13,22,27-29,32H,14,34H2,1-5H3/t22-,27+,28+,29-,32+/m1/s1. The topological polar surface area (TPSA) is 170 Å². The zero-order chi connectivity index (χ0) is 34.7. The van der Waals surface area contributed by atoms with E-state index in [1.165, 1.54) is 25.2 Å². The Morgan fingerprint density at radius 3 is 2.08 bits per heavy atom. The van der Waals surface area contributed by atoms with Gasteiger partial charge in [0.25, 0.3) is 0 Å². The van der Waals surface area contributed by atoms with Crippen molar-refractivity contribution in [2.45, 2.75) is 68.7 Å². The van der Waals surface area contributed by atoms with Gasteiger partial charge in [-0.15, -0.1) is 22.7 Å². The number of aromatic nitrogens is 1. The number of benzene rings is 2. The van der Waals surface area contributed by atoms with Crippen LogP contribution in [0.5, 0.6) is 0 Å². The Morgan fingerprint density at radius 2 is 1.46 bits per heavy atom. The summed E-state index contributed by atoms with van der Waals surface area (Å²) >= 11 is 3.57. The summed E-state index contributed by atoms with van der Waals surface area (Å²) in [7, 11) is 0. The number of hydrogen-bond donors (Lipinski definition) is 1. The van der Waals surface area contributed by atoms with Crippen molar-refractivity contribution in [2.75, 3.05) is 12.3 Å². The summed E-state index contributed by atoms with van der Waals surface area (Å²) in [6.45, 7) is 6.23. The lowest BCUT2D eigenvalue weighted by molar-refractivity contribution is -0.237. The first-order valence-electron chi connectivity index (χ1n) is 14.7. The van der Waals surface area contributed by atoms with Gasteiger partial charge in [-0.05, 0) is 19.1 Å². The Balaban J connectivity index is 1.64. The fourth-order valence-corrected chi connectivity index (χ4v) is 8.96. The first-order chi connectivity index (χ1) is 22.8. The van der Waals surface area contributed by atoms with Gasteiger partial charge in [-0.1, -0.05) is 53.7 Å². The highest BCUT2D eigenvalue weighted by atomic mass is 32.2. The highest BCUT2D eigenvalue weighted by molar-refractivity contribution is 8.01. The average molecular weight is 713 g/mol. The van der Waals surface area contributed by atoms with Gasteiger partial charge in [0.2, 0.25) is 5.78 Å². The van der Waals surface area contributed by atoms with Gasteiger partial charge in [0.1, 0.15) is 23.2 Å². The number of para-hydroxylation sites is 1. The molecule has 1 saturated heterocycles. The lowest BCUT2D eigenvalue weighted by atomic mass is 9.99. The predicted octanol–water partition coefficient (Wildman–Crippen LogP) is 5.32. The van der Waals surface area contributed by atoms with Crippen molar-refractivity contribution in [1.82, 2.24) is 4.98 Å². The number of nitrogen functional groups attached to an aromatic ring is 1. The number of thiazole rings is 1. The molecule has 1 fully saturated rings. The number of ether oxygens (including phenoxy) is 5. The summed E-state index contributed by atoms with van der Waals surface area (Å²) in [4.78, 5) is 67.5. The first-order valence-corrected chi connectivity index (χ1v) is 17.2. The van der Waals surface area contributed by atoms with Gasteiger partial charge in [0, 0.05) is 33.3 Å². The van der Waals surface area contributed by atoms with Crippen LogP contribution in [0, 0.1) is 6.92 Å². The maximum atomic E-state index is 13.8. The Labute approximate surface area is 287 Å². The number of nitrogens with two attached hydrogens (primary N) is 1. The Morgan fingerprint density at radius 1 is 0.833 bits per heavy atom. The number of nitrogens with zero attached hydrogens (tertiary/aromatic N) is 1. The SMILES string of the molecule is CC(=O)OC[C@H]1O[C@@H](Sc2sc(C(=O)c3ccc(C)cc3)c(N)c2-c2nc3ccccc3s2)[C@H](OC(C)=O)[C@@H](OC(C)=O)[C@H]1OC(C)=O. The van der Waals surface area contributed by atoms with Gasteiger partial charge in [0.15, 0.2) is 18.3 Å². The van der Waals surface area contributed by atoms with Crippen molar-refractivity contribution < 1.29 is 47.7 Å². The van der Waals surface area contributed by atoms with E-state index < -0.39 is 53.7 Å². The molecule has 0 amide bonds. The number of anilines is 1. The third-order valence-electron chi connectivity index (χ3n) is 7.11. The van der Waals surface area contributed by atoms with Crippen LogP contribution in [0.1, 0.15) is 48.5 Å². The second-order valence-corrected chi connectivity index (χ2v) is 14.3. The van der Waals surface area contributed by atoms with Crippen LogP contribution in [-0.4, -0.2) is 71.1 Å². The minimum atomic E-state index is -1.35. The molecular weight excluding hydrogens is 681 g/mol. The van der Waals surface area contributed by atoms with E-state index in [1.807, 2.05) is 43.3 Å². The predicted molar refractivity (Wildman–Crippen MR) is 180 cm³/mol. The number of fused-ring (bicyclic) bond motifs is 1. The number of hydrogen-bond acceptors (Lipinski definition) is 15. The lowest BCUT2D eigenvalue weighted by Gasteiger charge is -2.44. The molecule has 4 aromatic rings. The molecule has 0 unspecified atom stereocenters. The summed E-state index contributed by atoms with van der Waals surface area (Å²) in [5.74, 6) is -3.12. The second-order valence-electron chi connectivity index (χ2n) is 10.9. The van der Waals surface area contributed by atoms with Crippen molar-refractivity contribution in [2.24, 2.45) is 0 Å². The van der Waals surface area contributed by atoms with Gasteiger partial charge in [0.05, 0.1) is 30.6 Å². The maximum absolute atomic E-state index is 13.8. The number of rotatable bonds is 10. The zero-order valence-corrected chi connectivity index (χ0v) is 29.0. The minimum Gasteiger partial charge on any atom is -0.463 e. The molecule has 5 rings (SSSR count). The molecule has 15 heteroatoms. The molecule has 2 aromatic heterocycles. The van der Waals surface area contributed by atoms with E-state index in [0.29, 0.717) is 20.3 Å². The molecule has 2 N–H and O–H groups in total. The summed E-state index contributed by atoms with van der Waals surface area (Å²) in [6.07, 6.45) is -5.10. The van der Waals surface area contributed by atoms with Crippen molar-refractivity contribution in [1.29, 1.82) is 0 Å². The van der Waals surface area contributed by atoms with Crippen LogP contribution >= 0.6 is 34.4 Å². The maximum Gasteiger partial charge on any atom is 0.303 e. The summed E-state index contributed by atoms with van der Waals surface area (Å²) < 4.78 is 29.7. The zero-order valence-electron chi connectivity index (χ0n) is 26.5. The molecule has 1 aliphatic rings. The Bertz CT molecular complexity index is 1840. The van der Waals surface area contributed by atoms with Gasteiger partial charge in [-0.2, -0.15) is 0 Å². The number of thiophene rings is 1. The normalized spacial score (nSPS) is 20.6. The highest BCUT2D eigenvalue weighted by Crippen LogP contribution is 2.50. The number of aryl methyl sites for hydroxylation is 1. The molecule has 252 valence electrons. The highest BCUT2D eigenvalue weighted by Gasteiger charge is 2.53. The molecule has 0 bridgehead atoms. The molecule has 0 spiro atoms. The van der Waals surface area contributed by atoms with Crippen molar-refractivity contribution >= 4 is 80.0 Å². The third-order valence-corrected chi connectivity index (χ3v) is 10.7. The van der Waals surface area contributed by atoms with Gasteiger partial charge in [-0.25, -0.2) is 4.98 Å². The van der Waals surface area contributed by atoms with Crippen LogP contribution in [-0.2, 0) is 42.9 Å². The Kier molecular flexibility index (Phi) is 10.8. The number of carbonyl (C=O) groups is 5.